The number of ether oxygens (including phenoxy) is 1. The molecule has 3 rings (SSSR count). The average molecular weight is 280 g/mol. The van der Waals surface area contributed by atoms with Crippen molar-refractivity contribution in [1.82, 2.24) is 0 Å². The van der Waals surface area contributed by atoms with Gasteiger partial charge in [-0.2, -0.15) is 0 Å². The highest BCUT2D eigenvalue weighted by Gasteiger charge is 2.52. The number of carbonyl (C=O) groups is 2. The van der Waals surface area contributed by atoms with Crippen LogP contribution in [0.5, 0.6) is 0 Å². The smallest absolute Gasteiger partial charge is 0.320 e. The molecule has 0 amide bonds. The zero-order chi connectivity index (χ0) is 15.0. The zero-order valence-corrected chi connectivity index (χ0v) is 12.0. The van der Waals surface area contributed by atoms with Crippen LogP contribution in [0.1, 0.15) is 29.5 Å². The highest BCUT2D eigenvalue weighted by atomic mass is 16.5. The van der Waals surface area contributed by atoms with Gasteiger partial charge in [-0.05, 0) is 23.6 Å². The molecule has 3 nitrogen and oxygen atoms in total. The topological polar surface area (TPSA) is 43.4 Å². The van der Waals surface area contributed by atoms with Crippen molar-refractivity contribution in [2.45, 2.75) is 18.3 Å². The molecule has 0 bridgehead atoms. The van der Waals surface area contributed by atoms with Crippen LogP contribution in [-0.4, -0.2) is 18.9 Å². The Morgan fingerprint density at radius 2 is 1.67 bits per heavy atom. The largest absolute Gasteiger partial charge is 0.468 e. The predicted octanol–water partition coefficient (Wildman–Crippen LogP) is 2.83. The van der Waals surface area contributed by atoms with E-state index in [1.54, 1.807) is 0 Å². The molecule has 1 unspecified atom stereocenters. The first-order valence-corrected chi connectivity index (χ1v) is 6.87. The summed E-state index contributed by atoms with van der Waals surface area (Å²) in [7, 11) is 1.32. The van der Waals surface area contributed by atoms with Gasteiger partial charge in [-0.25, -0.2) is 0 Å². The number of ketones is 1. The lowest BCUT2D eigenvalue weighted by Gasteiger charge is -2.24. The molecule has 0 heterocycles. The van der Waals surface area contributed by atoms with Crippen LogP contribution >= 0.6 is 0 Å². The molecule has 0 radical (unpaired) electrons. The number of methoxy groups -OCH3 is 1. The summed E-state index contributed by atoms with van der Waals surface area (Å²) in [5.41, 5.74) is 1.72. The van der Waals surface area contributed by atoms with Crippen molar-refractivity contribution < 1.29 is 14.3 Å². The minimum absolute atomic E-state index is 0.123. The molecule has 3 heteroatoms. The van der Waals surface area contributed by atoms with Crippen LogP contribution in [0.25, 0.3) is 0 Å². The summed E-state index contributed by atoms with van der Waals surface area (Å²) in [5, 5.41) is 0. The Bertz CT molecular complexity index is 705. The van der Waals surface area contributed by atoms with Crippen molar-refractivity contribution in [2.75, 3.05) is 7.11 Å². The third-order valence-electron chi connectivity index (χ3n) is 4.35. The van der Waals surface area contributed by atoms with E-state index in [2.05, 4.69) is 0 Å². The molecular formula is C18H16O3. The second kappa shape index (κ2) is 4.85. The van der Waals surface area contributed by atoms with E-state index in [4.69, 9.17) is 4.74 Å². The van der Waals surface area contributed by atoms with Gasteiger partial charge in [-0.1, -0.05) is 54.6 Å². The number of carbonyl (C=O) groups excluding carboxylic acids is 2. The van der Waals surface area contributed by atoms with E-state index >= 15 is 0 Å². The fourth-order valence-electron chi connectivity index (χ4n) is 3.19. The van der Waals surface area contributed by atoms with Crippen LogP contribution in [-0.2, 0) is 19.7 Å². The van der Waals surface area contributed by atoms with E-state index in [9.17, 15) is 9.59 Å². The molecule has 2 aromatic carbocycles. The van der Waals surface area contributed by atoms with Gasteiger partial charge in [0.1, 0.15) is 5.92 Å². The molecule has 2 aromatic rings. The van der Waals surface area contributed by atoms with Gasteiger partial charge in [0.15, 0.2) is 5.78 Å². The summed E-state index contributed by atoms with van der Waals surface area (Å²) >= 11 is 0. The summed E-state index contributed by atoms with van der Waals surface area (Å²) < 4.78 is 4.83. The molecule has 1 aliphatic carbocycles. The van der Waals surface area contributed by atoms with Gasteiger partial charge >= 0.3 is 5.97 Å². The quantitative estimate of drug-likeness (QED) is 0.627. The lowest BCUT2D eigenvalue weighted by Crippen LogP contribution is -2.33. The van der Waals surface area contributed by atoms with Gasteiger partial charge in [0.05, 0.1) is 12.5 Å². The fraction of sp³-hybridized carbons (Fsp3) is 0.222. The SMILES string of the molecule is COC(=O)C1C(=O)[C@@](C)(c2ccccc2)c2ccccc21. The van der Waals surface area contributed by atoms with E-state index in [0.717, 1.165) is 16.7 Å². The molecule has 0 aromatic heterocycles. The normalized spacial score (nSPS) is 23.7. The maximum atomic E-state index is 13.0. The third kappa shape index (κ3) is 1.81. The van der Waals surface area contributed by atoms with Gasteiger partial charge < -0.3 is 4.74 Å². The summed E-state index contributed by atoms with van der Waals surface area (Å²) in [6.07, 6.45) is 0. The molecule has 0 saturated carbocycles. The van der Waals surface area contributed by atoms with Crippen molar-refractivity contribution in [3.8, 4) is 0 Å². The highest BCUT2D eigenvalue weighted by Crippen LogP contribution is 2.47. The Balaban J connectivity index is 2.24. The molecule has 0 spiro atoms. The molecule has 0 aliphatic heterocycles. The molecule has 2 atom stereocenters. The first-order chi connectivity index (χ1) is 10.1. The Kier molecular flexibility index (Phi) is 3.13. The zero-order valence-electron chi connectivity index (χ0n) is 12.0. The fourth-order valence-corrected chi connectivity index (χ4v) is 3.19. The Labute approximate surface area is 123 Å². The molecule has 0 fully saturated rings. The number of fused-ring (bicyclic) bond motifs is 1. The number of Topliss-reactive ketones (excluding diaryl/α,β-unsaturated/α-hetero) is 1. The molecule has 106 valence electrons. The molecule has 0 N–H and O–H groups in total. The standard InChI is InChI=1S/C18H16O3/c1-18(12-8-4-3-5-9-12)14-11-7-6-10-13(14)15(16(18)19)17(20)21-2/h3-11,15H,1-2H3/t15?,18-/m0/s1. The van der Waals surface area contributed by atoms with Crippen LogP contribution in [0.15, 0.2) is 54.6 Å². The second-order valence-electron chi connectivity index (χ2n) is 5.40. The Morgan fingerprint density at radius 3 is 2.33 bits per heavy atom. The highest BCUT2D eigenvalue weighted by molar-refractivity contribution is 6.14. The lowest BCUT2D eigenvalue weighted by molar-refractivity contribution is -0.145. The van der Waals surface area contributed by atoms with Crippen molar-refractivity contribution in [2.24, 2.45) is 0 Å². The predicted molar refractivity (Wildman–Crippen MR) is 79.1 cm³/mol. The maximum Gasteiger partial charge on any atom is 0.320 e. The molecule has 1 aliphatic rings. The number of hydrogen-bond donors (Lipinski definition) is 0. The van der Waals surface area contributed by atoms with Crippen LogP contribution < -0.4 is 0 Å². The van der Waals surface area contributed by atoms with Crippen LogP contribution in [0, 0.1) is 0 Å². The number of benzene rings is 2. The van der Waals surface area contributed by atoms with Gasteiger partial charge in [-0.15, -0.1) is 0 Å². The van der Waals surface area contributed by atoms with E-state index in [1.807, 2.05) is 61.5 Å². The summed E-state index contributed by atoms with van der Waals surface area (Å²) in [4.78, 5) is 25.0. The number of hydrogen-bond acceptors (Lipinski definition) is 3. The Hall–Kier alpha value is -2.42. The summed E-state index contributed by atoms with van der Waals surface area (Å²) in [5.74, 6) is -1.45. The van der Waals surface area contributed by atoms with E-state index < -0.39 is 17.3 Å². The number of rotatable bonds is 2. The first-order valence-electron chi connectivity index (χ1n) is 6.87. The van der Waals surface area contributed by atoms with Gasteiger partial charge in [-0.3, -0.25) is 9.59 Å². The minimum atomic E-state index is -0.837. The minimum Gasteiger partial charge on any atom is -0.468 e. The maximum absolute atomic E-state index is 13.0. The van der Waals surface area contributed by atoms with E-state index in [-0.39, 0.29) is 5.78 Å². The van der Waals surface area contributed by atoms with Crippen molar-refractivity contribution >= 4 is 11.8 Å². The average Bonchev–Trinajstić information content (AvgIpc) is 2.77. The van der Waals surface area contributed by atoms with Crippen LogP contribution in [0.2, 0.25) is 0 Å². The van der Waals surface area contributed by atoms with E-state index in [1.165, 1.54) is 7.11 Å². The van der Waals surface area contributed by atoms with Gasteiger partial charge in [0.2, 0.25) is 0 Å². The third-order valence-corrected chi connectivity index (χ3v) is 4.35. The van der Waals surface area contributed by atoms with Gasteiger partial charge in [0.25, 0.3) is 0 Å². The van der Waals surface area contributed by atoms with Gasteiger partial charge in [0, 0.05) is 0 Å². The van der Waals surface area contributed by atoms with Crippen molar-refractivity contribution in [3.05, 3.63) is 71.3 Å². The van der Waals surface area contributed by atoms with Crippen LogP contribution in [0.3, 0.4) is 0 Å². The first kappa shape index (κ1) is 13.6. The molecule has 21 heavy (non-hydrogen) atoms. The Morgan fingerprint density at radius 1 is 1.05 bits per heavy atom. The lowest BCUT2D eigenvalue weighted by atomic mass is 9.76. The summed E-state index contributed by atoms with van der Waals surface area (Å²) in [6.45, 7) is 1.88. The monoisotopic (exact) mass is 280 g/mol. The van der Waals surface area contributed by atoms with Crippen LogP contribution in [0.4, 0.5) is 0 Å². The second-order valence-corrected chi connectivity index (χ2v) is 5.40. The van der Waals surface area contributed by atoms with E-state index in [0.29, 0.717) is 0 Å². The summed E-state index contributed by atoms with van der Waals surface area (Å²) in [6, 6.07) is 17.1. The molecule has 0 saturated heterocycles. The van der Waals surface area contributed by atoms with Crippen molar-refractivity contribution in [1.29, 1.82) is 0 Å². The number of esters is 1. The van der Waals surface area contributed by atoms with Crippen molar-refractivity contribution in [3.63, 3.8) is 0 Å². The molecular weight excluding hydrogens is 264 g/mol.